The number of halogens is 2. The smallest absolute Gasteiger partial charge is 0.192 e. The quantitative estimate of drug-likeness (QED) is 0.166. The average Bonchev–Trinajstić information content (AvgIpc) is 3.93. The van der Waals surface area contributed by atoms with Crippen LogP contribution >= 0.6 is 14.5 Å². The lowest BCUT2D eigenvalue weighted by Gasteiger charge is -2.29. The zero-order chi connectivity index (χ0) is 33.9. The van der Waals surface area contributed by atoms with Crippen LogP contribution in [0.5, 0.6) is 0 Å². The number of rotatable bonds is 10. The molecule has 0 amide bonds. The summed E-state index contributed by atoms with van der Waals surface area (Å²) in [6.45, 7) is 2.73. The van der Waals surface area contributed by atoms with Gasteiger partial charge in [-0.25, -0.2) is 0 Å². The largest absolute Gasteiger partial charge is 1.00 e. The zero-order valence-electron chi connectivity index (χ0n) is 30.0. The van der Waals surface area contributed by atoms with Crippen LogP contribution < -0.4 is 65.8 Å². The molecule has 4 N–H and O–H groups in total. The highest BCUT2D eigenvalue weighted by molar-refractivity contribution is 7.96. The predicted molar refractivity (Wildman–Crippen MR) is 219 cm³/mol. The van der Waals surface area contributed by atoms with Gasteiger partial charge in [0.2, 0.25) is 0 Å². The summed E-state index contributed by atoms with van der Waals surface area (Å²) in [7, 11) is -3.70. The average molecular weight is 895 g/mol. The predicted octanol–water partition coefficient (Wildman–Crippen LogP) is -0.935. The third-order valence-electron chi connectivity index (χ3n) is 9.41. The second-order valence-corrected chi connectivity index (χ2v) is 19.4. The Morgan fingerprint density at radius 3 is 0.648 bits per heavy atom. The third-order valence-corrected chi connectivity index (χ3v) is 18.2. The van der Waals surface area contributed by atoms with E-state index in [2.05, 4.69) is 182 Å². The summed E-state index contributed by atoms with van der Waals surface area (Å²) in [5.41, 5.74) is 0. The summed E-state index contributed by atoms with van der Waals surface area (Å²) in [6, 6.07) is 65.1. The van der Waals surface area contributed by atoms with Crippen molar-refractivity contribution in [3.63, 3.8) is 0 Å². The number of hydrogen-bond acceptors (Lipinski definition) is 4. The van der Waals surface area contributed by atoms with Crippen molar-refractivity contribution in [3.05, 3.63) is 182 Å². The molecule has 2 fully saturated rings. The van der Waals surface area contributed by atoms with Crippen molar-refractivity contribution in [1.82, 2.24) is 0 Å². The van der Waals surface area contributed by atoms with Crippen LogP contribution in [0.4, 0.5) is 0 Å². The first kappa shape index (κ1) is 45.3. The molecule has 54 heavy (non-hydrogen) atoms. The lowest BCUT2D eigenvalue weighted by molar-refractivity contribution is -0.0225. The molecule has 6 aromatic carbocycles. The van der Waals surface area contributed by atoms with Gasteiger partial charge in [-0.2, -0.15) is 0 Å². The molecule has 284 valence electrons. The normalized spacial score (nSPS) is 14.2. The van der Waals surface area contributed by atoms with Gasteiger partial charge in [0.05, 0.1) is 26.4 Å². The lowest BCUT2D eigenvalue weighted by Crippen LogP contribution is -3.00. The van der Waals surface area contributed by atoms with Crippen LogP contribution in [-0.4, -0.2) is 62.3 Å². The minimum Gasteiger partial charge on any atom is -1.00 e. The van der Waals surface area contributed by atoms with E-state index in [1.165, 1.54) is 31.8 Å². The fourth-order valence-electron chi connectivity index (χ4n) is 7.09. The summed E-state index contributed by atoms with van der Waals surface area (Å²) >= 11 is 0. The van der Waals surface area contributed by atoms with Gasteiger partial charge in [0.25, 0.3) is 0 Å². The highest BCUT2D eigenvalue weighted by atomic mass is 79.9. The van der Waals surface area contributed by atoms with Gasteiger partial charge in [-0.1, -0.05) is 109 Å². The Bertz CT molecular complexity index is 1530. The van der Waals surface area contributed by atoms with Crippen molar-refractivity contribution >= 4 is 46.4 Å². The first-order valence-corrected chi connectivity index (χ1v) is 21.3. The molecule has 0 saturated carbocycles. The zero-order valence-corrected chi connectivity index (χ0v) is 35.0. The summed E-state index contributed by atoms with van der Waals surface area (Å²) < 4.78 is 23.5. The molecule has 6 aromatic rings. The molecular formula is C44H48Br2O6P2. The molecule has 2 heterocycles. The molecule has 0 spiro atoms. The van der Waals surface area contributed by atoms with Crippen LogP contribution in [0.1, 0.15) is 0 Å². The monoisotopic (exact) mass is 892 g/mol. The van der Waals surface area contributed by atoms with E-state index in [4.69, 9.17) is 18.9 Å². The standard InChI is InChI=1S/2C22H22O2P.2BrH.2H2O/c2*1-4-10-19(11-5-1)25(18-22-23-16-17-24-22,20-12-6-2-7-13-20)21-14-8-3-9-15-21;;;;/h2*1-15,22H,16-18H2;2*1H;2*1H2/q2*+1;;;;/p-2. The summed E-state index contributed by atoms with van der Waals surface area (Å²) in [5.74, 6) is 0. The van der Waals surface area contributed by atoms with Gasteiger partial charge in [0, 0.05) is 0 Å². The molecule has 2 saturated heterocycles. The fraction of sp³-hybridized carbons (Fsp3) is 0.182. The Morgan fingerprint density at radius 1 is 0.315 bits per heavy atom. The molecule has 0 aromatic heterocycles. The molecule has 2 aliphatic rings. The fourth-order valence-corrected chi connectivity index (χ4v) is 15.6. The second-order valence-electron chi connectivity index (χ2n) is 12.3. The van der Waals surface area contributed by atoms with Crippen LogP contribution in [0.15, 0.2) is 182 Å². The van der Waals surface area contributed by atoms with E-state index in [-0.39, 0.29) is 57.5 Å². The Morgan fingerprint density at radius 2 is 0.481 bits per heavy atom. The molecule has 8 rings (SSSR count). The van der Waals surface area contributed by atoms with E-state index in [0.717, 1.165) is 12.3 Å². The van der Waals surface area contributed by atoms with Crippen LogP contribution in [0, 0.1) is 0 Å². The SMILES string of the molecule is O.O.[Br-].[Br-].c1ccc([P+](CC2OCCO2)(c2ccccc2)c2ccccc2)cc1.c1ccc([P+](CC2OCCO2)(c2ccccc2)c2ccccc2)cc1. The van der Waals surface area contributed by atoms with Crippen molar-refractivity contribution in [1.29, 1.82) is 0 Å². The Labute approximate surface area is 341 Å². The second kappa shape index (κ2) is 22.5. The number of hydrogen-bond donors (Lipinski definition) is 0. The molecule has 10 heteroatoms. The molecule has 6 nitrogen and oxygen atoms in total. The van der Waals surface area contributed by atoms with Crippen molar-refractivity contribution < 1.29 is 63.9 Å². The Hall–Kier alpha value is -3.10. The maximum atomic E-state index is 5.88. The molecule has 0 radical (unpaired) electrons. The topological polar surface area (TPSA) is 99.9 Å². The molecule has 0 atom stereocenters. The van der Waals surface area contributed by atoms with Crippen LogP contribution in [0.25, 0.3) is 0 Å². The maximum Gasteiger partial charge on any atom is 0.192 e. The summed E-state index contributed by atoms with van der Waals surface area (Å²) in [6.07, 6.45) is 1.44. The van der Waals surface area contributed by atoms with E-state index >= 15 is 0 Å². The molecular weight excluding hydrogens is 846 g/mol. The van der Waals surface area contributed by atoms with Gasteiger partial charge in [0.15, 0.2) is 12.6 Å². The van der Waals surface area contributed by atoms with Crippen LogP contribution in [-0.2, 0) is 18.9 Å². The number of benzene rings is 6. The molecule has 2 aliphatic heterocycles. The highest BCUT2D eigenvalue weighted by Gasteiger charge is 2.49. The van der Waals surface area contributed by atoms with Crippen LogP contribution in [0.3, 0.4) is 0 Å². The van der Waals surface area contributed by atoms with Gasteiger partial charge in [-0.05, 0) is 72.8 Å². The Balaban J connectivity index is 0.000000270. The van der Waals surface area contributed by atoms with Crippen molar-refractivity contribution in [2.75, 3.05) is 38.8 Å². The summed E-state index contributed by atoms with van der Waals surface area (Å²) in [5, 5.41) is 8.20. The van der Waals surface area contributed by atoms with E-state index in [0.29, 0.717) is 26.4 Å². The minimum atomic E-state index is -1.85. The van der Waals surface area contributed by atoms with Crippen molar-refractivity contribution in [2.45, 2.75) is 12.6 Å². The van der Waals surface area contributed by atoms with Gasteiger partial charge < -0.3 is 63.9 Å². The molecule has 0 unspecified atom stereocenters. The first-order valence-electron chi connectivity index (χ1n) is 17.4. The van der Waals surface area contributed by atoms with Crippen molar-refractivity contribution in [3.8, 4) is 0 Å². The lowest BCUT2D eigenvalue weighted by atomic mass is 10.4. The molecule has 0 aliphatic carbocycles. The van der Waals surface area contributed by atoms with E-state index in [1.807, 2.05) is 0 Å². The van der Waals surface area contributed by atoms with Gasteiger partial charge in [-0.3, -0.25) is 0 Å². The van der Waals surface area contributed by atoms with Gasteiger partial charge in [-0.15, -0.1) is 0 Å². The summed E-state index contributed by atoms with van der Waals surface area (Å²) in [4.78, 5) is 0. The third kappa shape index (κ3) is 10.2. The highest BCUT2D eigenvalue weighted by Crippen LogP contribution is 2.57. The maximum absolute atomic E-state index is 5.88. The first-order chi connectivity index (χ1) is 24.8. The molecule has 0 bridgehead atoms. The van der Waals surface area contributed by atoms with E-state index in [9.17, 15) is 0 Å². The van der Waals surface area contributed by atoms with E-state index in [1.54, 1.807) is 0 Å². The van der Waals surface area contributed by atoms with Gasteiger partial charge in [0.1, 0.15) is 58.7 Å². The van der Waals surface area contributed by atoms with Crippen molar-refractivity contribution in [2.24, 2.45) is 0 Å². The van der Waals surface area contributed by atoms with Crippen LogP contribution in [0.2, 0.25) is 0 Å². The van der Waals surface area contributed by atoms with Gasteiger partial charge >= 0.3 is 0 Å². The van der Waals surface area contributed by atoms with E-state index < -0.39 is 14.5 Å². The Kier molecular flexibility index (Phi) is 18.8. The minimum absolute atomic E-state index is 0. The number of ether oxygens (including phenoxy) is 4.